The zero-order chi connectivity index (χ0) is 14.7. The van der Waals surface area contributed by atoms with E-state index in [1.807, 2.05) is 11.0 Å². The van der Waals surface area contributed by atoms with Crippen LogP contribution in [0.15, 0.2) is 30.3 Å². The van der Waals surface area contributed by atoms with Gasteiger partial charge in [-0.3, -0.25) is 0 Å². The van der Waals surface area contributed by atoms with E-state index in [0.717, 1.165) is 32.5 Å². The molecule has 0 radical (unpaired) electrons. The maximum Gasteiger partial charge on any atom is 0.317 e. The molecule has 21 heavy (non-hydrogen) atoms. The number of carbonyl (C=O) groups excluding carboxylic acids is 1. The number of aliphatic hydroxyl groups excluding tert-OH is 1. The molecule has 1 saturated heterocycles. The molecular formula is C17H24N2O2. The highest BCUT2D eigenvalue weighted by Gasteiger charge is 2.38. The Hall–Kier alpha value is -1.55. The van der Waals surface area contributed by atoms with E-state index in [2.05, 4.69) is 29.6 Å². The number of benzene rings is 1. The molecular weight excluding hydrogens is 264 g/mol. The van der Waals surface area contributed by atoms with Crippen LogP contribution in [0.4, 0.5) is 4.79 Å². The smallest absolute Gasteiger partial charge is 0.317 e. The van der Waals surface area contributed by atoms with Crippen LogP contribution in [0.1, 0.15) is 30.7 Å². The third kappa shape index (κ3) is 3.56. The van der Waals surface area contributed by atoms with Crippen molar-refractivity contribution in [1.29, 1.82) is 0 Å². The summed E-state index contributed by atoms with van der Waals surface area (Å²) < 4.78 is 0. The van der Waals surface area contributed by atoms with Gasteiger partial charge in [-0.1, -0.05) is 30.3 Å². The van der Waals surface area contributed by atoms with Crippen LogP contribution < -0.4 is 5.32 Å². The largest absolute Gasteiger partial charge is 0.396 e. The molecule has 1 heterocycles. The molecule has 4 heteroatoms. The van der Waals surface area contributed by atoms with Gasteiger partial charge >= 0.3 is 6.03 Å². The molecule has 2 unspecified atom stereocenters. The van der Waals surface area contributed by atoms with E-state index in [-0.39, 0.29) is 12.6 Å². The average Bonchev–Trinajstić information content (AvgIpc) is 3.33. The highest BCUT2D eigenvalue weighted by molar-refractivity contribution is 5.74. The molecule has 2 fully saturated rings. The number of amides is 2. The minimum absolute atomic E-state index is 0.0603. The molecule has 2 N–H and O–H groups in total. The fraction of sp³-hybridized carbons (Fsp3) is 0.588. The van der Waals surface area contributed by atoms with E-state index < -0.39 is 0 Å². The zero-order valence-electron chi connectivity index (χ0n) is 12.4. The summed E-state index contributed by atoms with van der Waals surface area (Å²) in [6, 6.07) is 10.6. The van der Waals surface area contributed by atoms with E-state index in [1.54, 1.807) is 0 Å². The van der Waals surface area contributed by atoms with Crippen molar-refractivity contribution in [2.45, 2.75) is 25.2 Å². The predicted octanol–water partition coefficient (Wildman–Crippen LogP) is 2.20. The molecule has 0 spiro atoms. The van der Waals surface area contributed by atoms with Crippen molar-refractivity contribution >= 4 is 6.03 Å². The minimum Gasteiger partial charge on any atom is -0.396 e. The Morgan fingerprint density at radius 3 is 2.62 bits per heavy atom. The first-order valence-electron chi connectivity index (χ1n) is 7.96. The molecule has 1 aromatic carbocycles. The van der Waals surface area contributed by atoms with Crippen LogP contribution in [-0.2, 0) is 0 Å². The first kappa shape index (κ1) is 14.4. The monoisotopic (exact) mass is 288 g/mol. The summed E-state index contributed by atoms with van der Waals surface area (Å²) in [6.45, 7) is 2.56. The zero-order valence-corrected chi connectivity index (χ0v) is 12.4. The number of carbonyl (C=O) groups is 1. The fourth-order valence-corrected chi connectivity index (χ4v) is 3.23. The summed E-state index contributed by atoms with van der Waals surface area (Å²) in [5, 5.41) is 12.2. The number of aliphatic hydroxyl groups is 1. The molecule has 114 valence electrons. The van der Waals surface area contributed by atoms with Gasteiger partial charge in [-0.05, 0) is 42.6 Å². The second kappa shape index (κ2) is 6.48. The van der Waals surface area contributed by atoms with Gasteiger partial charge in [0, 0.05) is 26.2 Å². The first-order valence-corrected chi connectivity index (χ1v) is 7.96. The second-order valence-electron chi connectivity index (χ2n) is 6.31. The second-order valence-corrected chi connectivity index (χ2v) is 6.31. The van der Waals surface area contributed by atoms with Gasteiger partial charge in [0.2, 0.25) is 0 Å². The standard InChI is InChI=1S/C17H24N2O2/c20-12-13-6-8-19(9-7-13)17(21)18-11-15-10-16(15)14-4-2-1-3-5-14/h1-5,13,15-16,20H,6-12H2,(H,18,21). The Labute approximate surface area is 126 Å². The Morgan fingerprint density at radius 2 is 1.95 bits per heavy atom. The van der Waals surface area contributed by atoms with Crippen molar-refractivity contribution in [2.75, 3.05) is 26.2 Å². The summed E-state index contributed by atoms with van der Waals surface area (Å²) in [7, 11) is 0. The van der Waals surface area contributed by atoms with Crippen molar-refractivity contribution in [2.24, 2.45) is 11.8 Å². The SMILES string of the molecule is O=C(NCC1CC1c1ccccc1)N1CCC(CO)CC1. The van der Waals surface area contributed by atoms with Gasteiger partial charge in [-0.15, -0.1) is 0 Å². The quantitative estimate of drug-likeness (QED) is 0.892. The molecule has 3 rings (SSSR count). The van der Waals surface area contributed by atoms with Crippen LogP contribution >= 0.6 is 0 Å². The number of rotatable bonds is 4. The molecule has 1 aromatic rings. The molecule has 2 aliphatic rings. The van der Waals surface area contributed by atoms with E-state index in [9.17, 15) is 4.79 Å². The number of piperidine rings is 1. The molecule has 1 aliphatic heterocycles. The molecule has 2 amide bonds. The summed E-state index contributed by atoms with van der Waals surface area (Å²) in [5.74, 6) is 1.58. The van der Waals surface area contributed by atoms with Crippen LogP contribution in [0.2, 0.25) is 0 Å². The van der Waals surface area contributed by atoms with E-state index in [1.165, 1.54) is 12.0 Å². The third-order valence-electron chi connectivity index (χ3n) is 4.83. The Balaban J connectivity index is 1.40. The Kier molecular flexibility index (Phi) is 4.44. The molecule has 1 saturated carbocycles. The van der Waals surface area contributed by atoms with Gasteiger partial charge in [0.15, 0.2) is 0 Å². The summed E-state index contributed by atoms with van der Waals surface area (Å²) in [4.78, 5) is 14.0. The third-order valence-corrected chi connectivity index (χ3v) is 4.83. The normalized spacial score (nSPS) is 25.7. The van der Waals surface area contributed by atoms with Crippen LogP contribution in [0.3, 0.4) is 0 Å². The van der Waals surface area contributed by atoms with Crippen LogP contribution in [0.25, 0.3) is 0 Å². The summed E-state index contributed by atoms with van der Waals surface area (Å²) in [5.41, 5.74) is 1.39. The van der Waals surface area contributed by atoms with Crippen molar-refractivity contribution in [3.63, 3.8) is 0 Å². The number of hydrogen-bond donors (Lipinski definition) is 2. The molecule has 2 atom stereocenters. The van der Waals surface area contributed by atoms with Gasteiger partial charge in [0.25, 0.3) is 0 Å². The first-order chi connectivity index (χ1) is 10.3. The lowest BCUT2D eigenvalue weighted by molar-refractivity contribution is 0.137. The number of nitrogens with one attached hydrogen (secondary N) is 1. The lowest BCUT2D eigenvalue weighted by Crippen LogP contribution is -2.45. The maximum atomic E-state index is 12.1. The number of nitrogens with zero attached hydrogens (tertiary/aromatic N) is 1. The van der Waals surface area contributed by atoms with Crippen molar-refractivity contribution in [1.82, 2.24) is 10.2 Å². The maximum absolute atomic E-state index is 12.1. The van der Waals surface area contributed by atoms with Gasteiger partial charge in [-0.25, -0.2) is 4.79 Å². The number of hydrogen-bond acceptors (Lipinski definition) is 2. The molecule has 0 aromatic heterocycles. The Bertz CT molecular complexity index is 469. The lowest BCUT2D eigenvalue weighted by Gasteiger charge is -2.31. The summed E-state index contributed by atoms with van der Waals surface area (Å²) >= 11 is 0. The number of urea groups is 1. The van der Waals surface area contributed by atoms with Crippen molar-refractivity contribution < 1.29 is 9.90 Å². The highest BCUT2D eigenvalue weighted by atomic mass is 16.3. The molecule has 1 aliphatic carbocycles. The van der Waals surface area contributed by atoms with Crippen LogP contribution in [0.5, 0.6) is 0 Å². The van der Waals surface area contributed by atoms with Gasteiger partial charge in [0.05, 0.1) is 0 Å². The van der Waals surface area contributed by atoms with Crippen molar-refractivity contribution in [3.05, 3.63) is 35.9 Å². The fourth-order valence-electron chi connectivity index (χ4n) is 3.23. The summed E-state index contributed by atoms with van der Waals surface area (Å²) in [6.07, 6.45) is 3.01. The van der Waals surface area contributed by atoms with Gasteiger partial charge in [0.1, 0.15) is 0 Å². The van der Waals surface area contributed by atoms with E-state index in [4.69, 9.17) is 5.11 Å². The van der Waals surface area contributed by atoms with E-state index in [0.29, 0.717) is 17.8 Å². The average molecular weight is 288 g/mol. The Morgan fingerprint density at radius 1 is 1.24 bits per heavy atom. The number of likely N-dealkylation sites (tertiary alicyclic amines) is 1. The molecule has 0 bridgehead atoms. The van der Waals surface area contributed by atoms with E-state index >= 15 is 0 Å². The lowest BCUT2D eigenvalue weighted by atomic mass is 9.98. The van der Waals surface area contributed by atoms with Gasteiger partial charge < -0.3 is 15.3 Å². The van der Waals surface area contributed by atoms with Crippen LogP contribution in [-0.4, -0.2) is 42.3 Å². The topological polar surface area (TPSA) is 52.6 Å². The minimum atomic E-state index is 0.0603. The van der Waals surface area contributed by atoms with Crippen LogP contribution in [0, 0.1) is 11.8 Å². The van der Waals surface area contributed by atoms with Crippen molar-refractivity contribution in [3.8, 4) is 0 Å². The molecule has 4 nitrogen and oxygen atoms in total. The predicted molar refractivity (Wildman–Crippen MR) is 82.1 cm³/mol. The highest BCUT2D eigenvalue weighted by Crippen LogP contribution is 2.46. The van der Waals surface area contributed by atoms with Gasteiger partial charge in [-0.2, -0.15) is 0 Å².